The molecular weight excluding hydrogens is 218 g/mol. The summed E-state index contributed by atoms with van der Waals surface area (Å²) in [6, 6.07) is 10.1. The number of nitrogens with zero attached hydrogens (tertiary/aromatic N) is 1. The highest BCUT2D eigenvalue weighted by Crippen LogP contribution is 2.25. The Morgan fingerprint density at radius 2 is 2.00 bits per heavy atom. The Labute approximate surface area is 99.5 Å². The number of hydrogen-bond acceptors (Lipinski definition) is 3. The molecule has 0 aromatic heterocycles. The fourth-order valence-electron chi connectivity index (χ4n) is 1.58. The zero-order valence-electron chi connectivity index (χ0n) is 9.36. The van der Waals surface area contributed by atoms with Gasteiger partial charge in [0, 0.05) is 22.6 Å². The average molecular weight is 231 g/mol. The molecule has 0 N–H and O–H groups in total. The number of ketones is 1. The lowest BCUT2D eigenvalue weighted by Gasteiger charge is -2.15. The lowest BCUT2D eigenvalue weighted by molar-refractivity contribution is -0.113. The van der Waals surface area contributed by atoms with Gasteiger partial charge in [0.15, 0.2) is 5.78 Å². The molecule has 0 fully saturated rings. The number of carbonyl (C=O) groups is 1. The van der Waals surface area contributed by atoms with Gasteiger partial charge in [-0.3, -0.25) is 4.79 Å². The quantitative estimate of drug-likeness (QED) is 0.783. The minimum atomic E-state index is 0.126. The van der Waals surface area contributed by atoms with Crippen molar-refractivity contribution in [2.24, 2.45) is 4.99 Å². The smallest absolute Gasteiger partial charge is 0.158 e. The van der Waals surface area contributed by atoms with E-state index in [4.69, 9.17) is 0 Å². The molecule has 1 aliphatic heterocycles. The second-order valence-electron chi connectivity index (χ2n) is 3.69. The molecule has 0 atom stereocenters. The molecule has 0 radical (unpaired) electrons. The van der Waals surface area contributed by atoms with Crippen molar-refractivity contribution < 1.29 is 4.79 Å². The third-order valence-electron chi connectivity index (χ3n) is 2.50. The molecule has 1 aromatic carbocycles. The van der Waals surface area contributed by atoms with Gasteiger partial charge in [-0.15, -0.1) is 11.8 Å². The zero-order valence-corrected chi connectivity index (χ0v) is 10.2. The number of Topliss-reactive ketones (excluding diaryl/α,β-unsaturated/α-hetero) is 1. The molecule has 0 saturated heterocycles. The van der Waals surface area contributed by atoms with Crippen molar-refractivity contribution in [3.05, 3.63) is 47.2 Å². The average Bonchev–Trinajstić information content (AvgIpc) is 2.29. The SMILES string of the molecule is CC(=O)C1=C(C)N=C(c2ccccc2)SC1. The Balaban J connectivity index is 2.35. The minimum Gasteiger partial charge on any atom is -0.295 e. The van der Waals surface area contributed by atoms with E-state index in [1.807, 2.05) is 37.3 Å². The summed E-state index contributed by atoms with van der Waals surface area (Å²) in [7, 11) is 0. The summed E-state index contributed by atoms with van der Waals surface area (Å²) in [5.74, 6) is 0.857. The molecule has 82 valence electrons. The molecule has 2 rings (SSSR count). The molecule has 0 amide bonds. The van der Waals surface area contributed by atoms with E-state index in [1.165, 1.54) is 0 Å². The van der Waals surface area contributed by atoms with Crippen LogP contribution in [-0.2, 0) is 4.79 Å². The molecule has 0 bridgehead atoms. The van der Waals surface area contributed by atoms with Crippen molar-refractivity contribution >= 4 is 22.6 Å². The van der Waals surface area contributed by atoms with Crippen LogP contribution in [0.25, 0.3) is 0 Å². The second-order valence-corrected chi connectivity index (χ2v) is 4.66. The molecular formula is C13H13NOS. The van der Waals surface area contributed by atoms with Crippen LogP contribution in [0, 0.1) is 0 Å². The molecule has 3 heteroatoms. The fourth-order valence-corrected chi connectivity index (χ4v) is 2.78. The van der Waals surface area contributed by atoms with Gasteiger partial charge in [0.1, 0.15) is 5.04 Å². The molecule has 2 nitrogen and oxygen atoms in total. The zero-order chi connectivity index (χ0) is 11.5. The van der Waals surface area contributed by atoms with Crippen LogP contribution in [0.1, 0.15) is 19.4 Å². The van der Waals surface area contributed by atoms with Gasteiger partial charge < -0.3 is 0 Å². The van der Waals surface area contributed by atoms with Crippen molar-refractivity contribution in [3.8, 4) is 0 Å². The molecule has 1 aromatic rings. The normalized spacial score (nSPS) is 16.0. The Kier molecular flexibility index (Phi) is 3.25. The van der Waals surface area contributed by atoms with E-state index in [0.717, 1.165) is 27.6 Å². The van der Waals surface area contributed by atoms with E-state index in [1.54, 1.807) is 18.7 Å². The van der Waals surface area contributed by atoms with Crippen LogP contribution in [0.15, 0.2) is 46.6 Å². The first-order valence-corrected chi connectivity index (χ1v) is 6.14. The van der Waals surface area contributed by atoms with Crippen LogP contribution in [0.5, 0.6) is 0 Å². The van der Waals surface area contributed by atoms with Crippen LogP contribution in [0.3, 0.4) is 0 Å². The number of benzene rings is 1. The van der Waals surface area contributed by atoms with Crippen LogP contribution in [0.4, 0.5) is 0 Å². The van der Waals surface area contributed by atoms with Crippen molar-refractivity contribution in [1.82, 2.24) is 0 Å². The number of carbonyl (C=O) groups excluding carboxylic acids is 1. The van der Waals surface area contributed by atoms with Gasteiger partial charge in [0.25, 0.3) is 0 Å². The maximum atomic E-state index is 11.3. The third kappa shape index (κ3) is 2.25. The van der Waals surface area contributed by atoms with Crippen LogP contribution < -0.4 is 0 Å². The Morgan fingerprint density at radius 1 is 1.31 bits per heavy atom. The first kappa shape index (κ1) is 11.1. The maximum absolute atomic E-state index is 11.3. The number of hydrogen-bond donors (Lipinski definition) is 0. The van der Waals surface area contributed by atoms with Gasteiger partial charge in [-0.25, -0.2) is 4.99 Å². The van der Waals surface area contributed by atoms with Crippen molar-refractivity contribution in [3.63, 3.8) is 0 Å². The lowest BCUT2D eigenvalue weighted by Crippen LogP contribution is -2.10. The van der Waals surface area contributed by atoms with Crippen LogP contribution in [0.2, 0.25) is 0 Å². The predicted octanol–water partition coefficient (Wildman–Crippen LogP) is 3.04. The molecule has 0 spiro atoms. The van der Waals surface area contributed by atoms with Crippen molar-refractivity contribution in [1.29, 1.82) is 0 Å². The first-order chi connectivity index (χ1) is 7.68. The summed E-state index contributed by atoms with van der Waals surface area (Å²) < 4.78 is 0. The van der Waals surface area contributed by atoms with Gasteiger partial charge in [-0.05, 0) is 13.8 Å². The first-order valence-electron chi connectivity index (χ1n) is 5.16. The number of thioether (sulfide) groups is 1. The van der Waals surface area contributed by atoms with E-state index in [9.17, 15) is 4.79 Å². The summed E-state index contributed by atoms with van der Waals surface area (Å²) >= 11 is 1.63. The Morgan fingerprint density at radius 3 is 2.56 bits per heavy atom. The lowest BCUT2D eigenvalue weighted by atomic mass is 10.1. The fraction of sp³-hybridized carbons (Fsp3) is 0.231. The van der Waals surface area contributed by atoms with E-state index in [2.05, 4.69) is 4.99 Å². The molecule has 16 heavy (non-hydrogen) atoms. The number of allylic oxidation sites excluding steroid dienone is 1. The van der Waals surface area contributed by atoms with Crippen LogP contribution >= 0.6 is 11.8 Å². The van der Waals surface area contributed by atoms with E-state index >= 15 is 0 Å². The van der Waals surface area contributed by atoms with Gasteiger partial charge >= 0.3 is 0 Å². The van der Waals surface area contributed by atoms with E-state index < -0.39 is 0 Å². The highest BCUT2D eigenvalue weighted by molar-refractivity contribution is 8.14. The maximum Gasteiger partial charge on any atom is 0.158 e. The topological polar surface area (TPSA) is 29.4 Å². The van der Waals surface area contributed by atoms with Gasteiger partial charge in [0.2, 0.25) is 0 Å². The van der Waals surface area contributed by atoms with Gasteiger partial charge in [-0.1, -0.05) is 30.3 Å². The third-order valence-corrected chi connectivity index (χ3v) is 3.54. The number of rotatable bonds is 2. The molecule has 0 aliphatic carbocycles. The number of aliphatic imine (C=N–C) groups is 1. The van der Waals surface area contributed by atoms with E-state index in [-0.39, 0.29) is 5.78 Å². The second kappa shape index (κ2) is 4.66. The molecule has 0 unspecified atom stereocenters. The molecule has 0 saturated carbocycles. The molecule has 1 aliphatic rings. The summed E-state index contributed by atoms with van der Waals surface area (Å²) in [5.41, 5.74) is 2.81. The Bertz CT molecular complexity index is 474. The van der Waals surface area contributed by atoms with Crippen LogP contribution in [-0.4, -0.2) is 16.6 Å². The van der Waals surface area contributed by atoms with Gasteiger partial charge in [0.05, 0.1) is 0 Å². The highest BCUT2D eigenvalue weighted by atomic mass is 32.2. The standard InChI is InChI=1S/C13H13NOS/c1-9-12(10(2)15)8-16-13(14-9)11-6-4-3-5-7-11/h3-7H,8H2,1-2H3. The van der Waals surface area contributed by atoms with Crippen molar-refractivity contribution in [2.45, 2.75) is 13.8 Å². The summed E-state index contributed by atoms with van der Waals surface area (Å²) in [6.45, 7) is 3.50. The molecule has 1 heterocycles. The van der Waals surface area contributed by atoms with Gasteiger partial charge in [-0.2, -0.15) is 0 Å². The largest absolute Gasteiger partial charge is 0.295 e. The predicted molar refractivity (Wildman–Crippen MR) is 68.8 cm³/mol. The van der Waals surface area contributed by atoms with Crippen molar-refractivity contribution in [2.75, 3.05) is 5.75 Å². The Hall–Kier alpha value is -1.35. The summed E-state index contributed by atoms with van der Waals surface area (Å²) in [4.78, 5) is 15.8. The minimum absolute atomic E-state index is 0.126. The summed E-state index contributed by atoms with van der Waals surface area (Å²) in [6.07, 6.45) is 0. The van der Waals surface area contributed by atoms with E-state index in [0.29, 0.717) is 0 Å². The monoisotopic (exact) mass is 231 g/mol. The summed E-state index contributed by atoms with van der Waals surface area (Å²) in [5, 5.41) is 1.00. The highest BCUT2D eigenvalue weighted by Gasteiger charge is 2.16.